The molecule has 2 aromatic rings. The minimum atomic E-state index is 0.666. The second-order valence-corrected chi connectivity index (χ2v) is 6.19. The molecule has 2 rings (SSSR count). The average molecular weight is 349 g/mol. The monoisotopic (exact) mass is 348 g/mol. The van der Waals surface area contributed by atoms with Crippen molar-refractivity contribution in [3.63, 3.8) is 0 Å². The van der Waals surface area contributed by atoms with Gasteiger partial charge in [-0.25, -0.2) is 0 Å². The lowest BCUT2D eigenvalue weighted by Gasteiger charge is -2.18. The van der Waals surface area contributed by atoms with Crippen molar-refractivity contribution in [2.24, 2.45) is 5.92 Å². The molecular formula is C19H25BrO. The van der Waals surface area contributed by atoms with E-state index in [2.05, 4.69) is 66.2 Å². The van der Waals surface area contributed by atoms with Crippen molar-refractivity contribution in [2.75, 3.05) is 6.61 Å². The van der Waals surface area contributed by atoms with E-state index in [0.29, 0.717) is 5.92 Å². The Bertz CT molecular complexity index is 564. The number of halogens is 1. The maximum absolute atomic E-state index is 6.16. The third-order valence-corrected chi connectivity index (χ3v) is 4.71. The van der Waals surface area contributed by atoms with Gasteiger partial charge in [0.05, 0.1) is 6.61 Å². The lowest BCUT2D eigenvalue weighted by atomic mass is 10.0. The lowest BCUT2D eigenvalue weighted by molar-refractivity contribution is 0.232. The molecule has 114 valence electrons. The number of hydrogen-bond acceptors (Lipinski definition) is 1. The SMILES string of the molecule is CCCCC(CC)COc1ccc2ccccc2c1CBr. The topological polar surface area (TPSA) is 9.23 Å². The molecule has 1 unspecified atom stereocenters. The van der Waals surface area contributed by atoms with E-state index in [4.69, 9.17) is 4.74 Å². The van der Waals surface area contributed by atoms with Crippen LogP contribution in [-0.2, 0) is 5.33 Å². The molecule has 0 radical (unpaired) electrons. The Hall–Kier alpha value is -1.02. The van der Waals surface area contributed by atoms with Crippen LogP contribution in [0.15, 0.2) is 36.4 Å². The van der Waals surface area contributed by atoms with Gasteiger partial charge in [-0.1, -0.05) is 79.4 Å². The van der Waals surface area contributed by atoms with Gasteiger partial charge in [-0.05, 0) is 29.2 Å². The Labute approximate surface area is 136 Å². The Balaban J connectivity index is 2.14. The second kappa shape index (κ2) is 8.43. The summed E-state index contributed by atoms with van der Waals surface area (Å²) in [6, 6.07) is 12.8. The fourth-order valence-electron chi connectivity index (χ4n) is 2.69. The number of fused-ring (bicyclic) bond motifs is 1. The highest BCUT2D eigenvalue weighted by atomic mass is 79.9. The van der Waals surface area contributed by atoms with E-state index in [0.717, 1.165) is 17.7 Å². The molecule has 0 heterocycles. The highest BCUT2D eigenvalue weighted by Gasteiger charge is 2.11. The van der Waals surface area contributed by atoms with Crippen LogP contribution in [0.25, 0.3) is 10.8 Å². The zero-order valence-corrected chi connectivity index (χ0v) is 14.7. The molecule has 1 nitrogen and oxygen atoms in total. The van der Waals surface area contributed by atoms with Crippen LogP contribution in [-0.4, -0.2) is 6.61 Å². The maximum atomic E-state index is 6.16. The van der Waals surface area contributed by atoms with Gasteiger partial charge in [-0.2, -0.15) is 0 Å². The van der Waals surface area contributed by atoms with Crippen LogP contribution in [0.2, 0.25) is 0 Å². The fourth-order valence-corrected chi connectivity index (χ4v) is 3.27. The van der Waals surface area contributed by atoms with Crippen molar-refractivity contribution < 1.29 is 4.74 Å². The normalized spacial score (nSPS) is 12.5. The van der Waals surface area contributed by atoms with Crippen molar-refractivity contribution in [1.82, 2.24) is 0 Å². The quantitative estimate of drug-likeness (QED) is 0.506. The highest BCUT2D eigenvalue weighted by molar-refractivity contribution is 9.08. The molecule has 21 heavy (non-hydrogen) atoms. The third-order valence-electron chi connectivity index (χ3n) is 4.15. The standard InChI is InChI=1S/C19H25BrO/c1-3-5-8-15(4-2)14-21-19-12-11-16-9-6-7-10-17(16)18(19)13-20/h6-7,9-12,15H,3-5,8,13-14H2,1-2H3. The number of alkyl halides is 1. The van der Waals surface area contributed by atoms with Gasteiger partial charge in [0.2, 0.25) is 0 Å². The number of ether oxygens (including phenoxy) is 1. The number of hydrogen-bond donors (Lipinski definition) is 0. The summed E-state index contributed by atoms with van der Waals surface area (Å²) in [4.78, 5) is 0. The van der Waals surface area contributed by atoms with E-state index in [1.165, 1.54) is 42.0 Å². The Morgan fingerprint density at radius 3 is 2.62 bits per heavy atom. The molecule has 1 atom stereocenters. The molecule has 0 aliphatic rings. The minimum Gasteiger partial charge on any atom is -0.493 e. The van der Waals surface area contributed by atoms with Crippen LogP contribution in [0.5, 0.6) is 5.75 Å². The summed E-state index contributed by atoms with van der Waals surface area (Å²) in [6.07, 6.45) is 5.02. The van der Waals surface area contributed by atoms with Gasteiger partial charge in [-0.15, -0.1) is 0 Å². The molecular weight excluding hydrogens is 324 g/mol. The van der Waals surface area contributed by atoms with Crippen molar-refractivity contribution >= 4 is 26.7 Å². The van der Waals surface area contributed by atoms with E-state index in [-0.39, 0.29) is 0 Å². The first-order valence-corrected chi connectivity index (χ1v) is 9.11. The largest absolute Gasteiger partial charge is 0.493 e. The molecule has 2 aromatic carbocycles. The van der Waals surface area contributed by atoms with Crippen molar-refractivity contribution in [2.45, 2.75) is 44.9 Å². The van der Waals surface area contributed by atoms with Gasteiger partial charge in [0.25, 0.3) is 0 Å². The van der Waals surface area contributed by atoms with Crippen LogP contribution in [0.3, 0.4) is 0 Å². The number of rotatable bonds is 8. The van der Waals surface area contributed by atoms with E-state index in [9.17, 15) is 0 Å². The van der Waals surface area contributed by atoms with Gasteiger partial charge in [0.15, 0.2) is 0 Å². The predicted molar refractivity (Wildman–Crippen MR) is 95.4 cm³/mol. The summed E-state index contributed by atoms with van der Waals surface area (Å²) in [6.45, 7) is 5.34. The zero-order valence-electron chi connectivity index (χ0n) is 13.1. The molecule has 0 fully saturated rings. The number of benzene rings is 2. The van der Waals surface area contributed by atoms with Crippen molar-refractivity contribution in [1.29, 1.82) is 0 Å². The average Bonchev–Trinajstić information content (AvgIpc) is 2.54. The van der Waals surface area contributed by atoms with E-state index in [1.54, 1.807) is 0 Å². The molecule has 0 saturated carbocycles. The maximum Gasteiger partial charge on any atom is 0.123 e. The first-order valence-electron chi connectivity index (χ1n) is 7.99. The van der Waals surface area contributed by atoms with Gasteiger partial charge in [-0.3, -0.25) is 0 Å². The summed E-state index contributed by atoms with van der Waals surface area (Å²) in [7, 11) is 0. The van der Waals surface area contributed by atoms with Gasteiger partial charge >= 0.3 is 0 Å². The first kappa shape index (κ1) is 16.4. The molecule has 0 bridgehead atoms. The summed E-state index contributed by atoms with van der Waals surface area (Å²) in [5.74, 6) is 1.69. The van der Waals surface area contributed by atoms with E-state index in [1.807, 2.05) is 0 Å². The van der Waals surface area contributed by atoms with Crippen LogP contribution >= 0.6 is 15.9 Å². The Morgan fingerprint density at radius 2 is 1.90 bits per heavy atom. The van der Waals surface area contributed by atoms with Gasteiger partial charge in [0, 0.05) is 10.9 Å². The van der Waals surface area contributed by atoms with Crippen LogP contribution in [0.4, 0.5) is 0 Å². The van der Waals surface area contributed by atoms with Gasteiger partial charge < -0.3 is 4.74 Å². The summed E-state index contributed by atoms with van der Waals surface area (Å²) in [5, 5.41) is 3.39. The molecule has 0 spiro atoms. The third kappa shape index (κ3) is 4.23. The molecule has 2 heteroatoms. The van der Waals surface area contributed by atoms with Crippen molar-refractivity contribution in [3.8, 4) is 5.75 Å². The number of unbranched alkanes of at least 4 members (excludes halogenated alkanes) is 1. The molecule has 0 aromatic heterocycles. The Morgan fingerprint density at radius 1 is 1.10 bits per heavy atom. The molecule has 0 N–H and O–H groups in total. The Kier molecular flexibility index (Phi) is 6.56. The first-order chi connectivity index (χ1) is 10.3. The molecule has 0 amide bonds. The minimum absolute atomic E-state index is 0.666. The van der Waals surface area contributed by atoms with Crippen LogP contribution in [0, 0.1) is 5.92 Å². The summed E-state index contributed by atoms with van der Waals surface area (Å²) < 4.78 is 6.16. The smallest absolute Gasteiger partial charge is 0.123 e. The van der Waals surface area contributed by atoms with E-state index < -0.39 is 0 Å². The van der Waals surface area contributed by atoms with Crippen molar-refractivity contribution in [3.05, 3.63) is 42.0 Å². The van der Waals surface area contributed by atoms with Crippen LogP contribution < -0.4 is 4.74 Å². The van der Waals surface area contributed by atoms with Gasteiger partial charge in [0.1, 0.15) is 5.75 Å². The second-order valence-electron chi connectivity index (χ2n) is 5.62. The summed E-state index contributed by atoms with van der Waals surface area (Å²) in [5.41, 5.74) is 1.26. The fraction of sp³-hybridized carbons (Fsp3) is 0.474. The molecule has 0 saturated heterocycles. The van der Waals surface area contributed by atoms with E-state index >= 15 is 0 Å². The molecule has 0 aliphatic carbocycles. The van der Waals surface area contributed by atoms with Crippen LogP contribution in [0.1, 0.15) is 45.1 Å². The summed E-state index contributed by atoms with van der Waals surface area (Å²) >= 11 is 3.62. The molecule has 0 aliphatic heterocycles. The zero-order chi connectivity index (χ0) is 15.1. The highest BCUT2D eigenvalue weighted by Crippen LogP contribution is 2.30. The predicted octanol–water partition coefficient (Wildman–Crippen LogP) is 6.33. The lowest BCUT2D eigenvalue weighted by Crippen LogP contribution is -2.12.